The maximum absolute atomic E-state index is 12.8. The predicted octanol–water partition coefficient (Wildman–Crippen LogP) is 5.17. The quantitative estimate of drug-likeness (QED) is 0.442. The van der Waals surface area contributed by atoms with Crippen LogP contribution in [0.2, 0.25) is 0 Å². The summed E-state index contributed by atoms with van der Waals surface area (Å²) in [4.78, 5) is 36.6. The van der Waals surface area contributed by atoms with Gasteiger partial charge < -0.3 is 20.5 Å². The van der Waals surface area contributed by atoms with E-state index < -0.39 is 17.6 Å². The average Bonchev–Trinajstić information content (AvgIpc) is 3.15. The molecule has 0 aromatic heterocycles. The van der Waals surface area contributed by atoms with Gasteiger partial charge in [-0.2, -0.15) is 0 Å². The normalized spacial score (nSPS) is 15.3. The van der Waals surface area contributed by atoms with Gasteiger partial charge in [-0.05, 0) is 59.7 Å². The van der Waals surface area contributed by atoms with Crippen LogP contribution in [-0.2, 0) is 9.53 Å². The third-order valence-corrected chi connectivity index (χ3v) is 6.91. The summed E-state index contributed by atoms with van der Waals surface area (Å²) in [6.07, 6.45) is 1.83. The van der Waals surface area contributed by atoms with E-state index in [9.17, 15) is 14.4 Å². The van der Waals surface area contributed by atoms with Crippen molar-refractivity contribution in [2.75, 3.05) is 11.9 Å². The molecule has 3 aromatic rings. The first-order valence-corrected chi connectivity index (χ1v) is 11.7. The number of hydrogen-bond donors (Lipinski definition) is 3. The van der Waals surface area contributed by atoms with Gasteiger partial charge in [0.15, 0.2) is 0 Å². The van der Waals surface area contributed by atoms with E-state index in [0.29, 0.717) is 18.5 Å². The largest absolute Gasteiger partial charge is 0.478 e. The van der Waals surface area contributed by atoms with Crippen molar-refractivity contribution in [3.8, 4) is 11.1 Å². The second kappa shape index (κ2) is 9.25. The minimum Gasteiger partial charge on any atom is -0.478 e. The number of ether oxygens (including phenoxy) is 1. The third-order valence-electron chi connectivity index (χ3n) is 6.91. The van der Waals surface area contributed by atoms with Gasteiger partial charge in [0, 0.05) is 11.6 Å². The number of hydrogen-bond acceptors (Lipinski definition) is 4. The first-order chi connectivity index (χ1) is 16.9. The molecule has 0 spiro atoms. The molecular formula is C28H26N2O5. The number of carbonyl (C=O) groups excluding carboxylic acids is 2. The molecule has 7 nitrogen and oxygen atoms in total. The van der Waals surface area contributed by atoms with Crippen molar-refractivity contribution in [1.29, 1.82) is 0 Å². The van der Waals surface area contributed by atoms with E-state index in [1.807, 2.05) is 24.3 Å². The number of fused-ring (bicyclic) bond motifs is 3. The van der Waals surface area contributed by atoms with Crippen molar-refractivity contribution in [3.05, 3.63) is 89.5 Å². The molecule has 5 rings (SSSR count). The van der Waals surface area contributed by atoms with Crippen molar-refractivity contribution in [3.63, 3.8) is 0 Å². The Hall–Kier alpha value is -4.13. The Labute approximate surface area is 203 Å². The number of benzene rings is 3. The SMILES string of the molecule is O=C(CC1(NC(=O)OCC2c3ccccc3-c3ccccc32)CCC1)Nc1cccc(C(=O)O)c1. The van der Waals surface area contributed by atoms with Gasteiger partial charge in [0.25, 0.3) is 0 Å². The number of carboxylic acid groups (broad SMARTS) is 1. The summed E-state index contributed by atoms with van der Waals surface area (Å²) in [6, 6.07) is 22.4. The number of nitrogens with one attached hydrogen (secondary N) is 2. The molecule has 7 heteroatoms. The van der Waals surface area contributed by atoms with Gasteiger partial charge in [-0.25, -0.2) is 9.59 Å². The molecule has 0 saturated heterocycles. The number of anilines is 1. The summed E-state index contributed by atoms with van der Waals surface area (Å²) in [6.45, 7) is 0.212. The van der Waals surface area contributed by atoms with Crippen LogP contribution in [0.25, 0.3) is 11.1 Å². The first-order valence-electron chi connectivity index (χ1n) is 11.7. The summed E-state index contributed by atoms with van der Waals surface area (Å²) in [5.41, 5.74) is 4.46. The number of alkyl carbamates (subject to hydrolysis) is 1. The summed E-state index contributed by atoms with van der Waals surface area (Å²) >= 11 is 0. The zero-order chi connectivity index (χ0) is 24.4. The van der Waals surface area contributed by atoms with Crippen LogP contribution in [0.4, 0.5) is 10.5 Å². The first kappa shape index (κ1) is 22.7. The summed E-state index contributed by atoms with van der Waals surface area (Å²) in [7, 11) is 0. The molecule has 0 bridgehead atoms. The van der Waals surface area contributed by atoms with E-state index in [2.05, 4.69) is 34.9 Å². The molecule has 0 heterocycles. The molecule has 2 amide bonds. The van der Waals surface area contributed by atoms with Crippen LogP contribution in [-0.4, -0.2) is 35.2 Å². The molecule has 0 atom stereocenters. The fraction of sp³-hybridized carbons (Fsp3) is 0.250. The van der Waals surface area contributed by atoms with Crippen LogP contribution in [0.5, 0.6) is 0 Å². The van der Waals surface area contributed by atoms with Gasteiger partial charge in [0.1, 0.15) is 6.61 Å². The molecule has 178 valence electrons. The minimum absolute atomic E-state index is 0.0321. The van der Waals surface area contributed by atoms with Crippen LogP contribution in [0.1, 0.15) is 53.1 Å². The zero-order valence-electron chi connectivity index (χ0n) is 19.1. The van der Waals surface area contributed by atoms with Crippen LogP contribution in [0.15, 0.2) is 72.8 Å². The van der Waals surface area contributed by atoms with E-state index in [-0.39, 0.29) is 30.4 Å². The Bertz CT molecular complexity index is 1250. The monoisotopic (exact) mass is 470 g/mol. The highest BCUT2D eigenvalue weighted by molar-refractivity contribution is 5.94. The lowest BCUT2D eigenvalue weighted by Gasteiger charge is -2.41. The maximum Gasteiger partial charge on any atom is 0.407 e. The Morgan fingerprint density at radius 3 is 2.17 bits per heavy atom. The highest BCUT2D eigenvalue weighted by atomic mass is 16.5. The van der Waals surface area contributed by atoms with Gasteiger partial charge >= 0.3 is 12.1 Å². The Morgan fingerprint density at radius 1 is 0.914 bits per heavy atom. The lowest BCUT2D eigenvalue weighted by Crippen LogP contribution is -2.55. The molecule has 1 saturated carbocycles. The van der Waals surface area contributed by atoms with Gasteiger partial charge in [-0.1, -0.05) is 54.6 Å². The van der Waals surface area contributed by atoms with E-state index in [1.165, 1.54) is 12.1 Å². The Morgan fingerprint density at radius 2 is 1.57 bits per heavy atom. The number of rotatable bonds is 7. The lowest BCUT2D eigenvalue weighted by atomic mass is 9.74. The molecule has 2 aliphatic carbocycles. The minimum atomic E-state index is -1.06. The Kier molecular flexibility index (Phi) is 5.99. The summed E-state index contributed by atoms with van der Waals surface area (Å²) < 4.78 is 5.67. The number of carbonyl (C=O) groups is 3. The third kappa shape index (κ3) is 4.62. The van der Waals surface area contributed by atoms with Gasteiger partial charge in [0.2, 0.25) is 5.91 Å². The number of carboxylic acids is 1. The van der Waals surface area contributed by atoms with Crippen molar-refractivity contribution >= 4 is 23.7 Å². The van der Waals surface area contributed by atoms with Crippen LogP contribution in [0.3, 0.4) is 0 Å². The van der Waals surface area contributed by atoms with E-state index in [4.69, 9.17) is 9.84 Å². The number of aromatic carboxylic acids is 1. The van der Waals surface area contributed by atoms with Gasteiger partial charge in [0.05, 0.1) is 17.5 Å². The standard InChI is InChI=1S/C28H26N2O5/c31-25(29-19-8-5-7-18(15-19)26(32)33)16-28(13-6-14-28)30-27(34)35-17-24-22-11-3-1-9-20(22)21-10-2-4-12-23(21)24/h1-5,7-12,15,24H,6,13-14,16-17H2,(H,29,31)(H,30,34)(H,32,33). The zero-order valence-corrected chi connectivity index (χ0v) is 19.1. The highest BCUT2D eigenvalue weighted by Gasteiger charge is 2.41. The smallest absolute Gasteiger partial charge is 0.407 e. The van der Waals surface area contributed by atoms with E-state index in [0.717, 1.165) is 28.7 Å². The van der Waals surface area contributed by atoms with Gasteiger partial charge in [-0.15, -0.1) is 0 Å². The summed E-state index contributed by atoms with van der Waals surface area (Å²) in [5, 5.41) is 14.8. The number of amides is 2. The Balaban J connectivity index is 1.21. The molecule has 2 aliphatic rings. The second-order valence-corrected chi connectivity index (χ2v) is 9.20. The predicted molar refractivity (Wildman–Crippen MR) is 131 cm³/mol. The maximum atomic E-state index is 12.8. The molecule has 0 unspecified atom stereocenters. The molecule has 3 N–H and O–H groups in total. The van der Waals surface area contributed by atoms with Crippen LogP contribution >= 0.6 is 0 Å². The molecule has 35 heavy (non-hydrogen) atoms. The fourth-order valence-corrected chi connectivity index (χ4v) is 5.04. The molecule has 1 fully saturated rings. The second-order valence-electron chi connectivity index (χ2n) is 9.20. The van der Waals surface area contributed by atoms with E-state index >= 15 is 0 Å². The lowest BCUT2D eigenvalue weighted by molar-refractivity contribution is -0.118. The molecule has 0 aliphatic heterocycles. The van der Waals surface area contributed by atoms with Crippen molar-refractivity contribution in [1.82, 2.24) is 5.32 Å². The van der Waals surface area contributed by atoms with E-state index in [1.54, 1.807) is 12.1 Å². The van der Waals surface area contributed by atoms with Crippen molar-refractivity contribution in [2.24, 2.45) is 0 Å². The van der Waals surface area contributed by atoms with Crippen LogP contribution in [0, 0.1) is 0 Å². The summed E-state index contributed by atoms with van der Waals surface area (Å²) in [5.74, 6) is -1.38. The molecule has 3 aromatic carbocycles. The molecule has 0 radical (unpaired) electrons. The van der Waals surface area contributed by atoms with Crippen LogP contribution < -0.4 is 10.6 Å². The molecular weight excluding hydrogens is 444 g/mol. The van der Waals surface area contributed by atoms with Crippen molar-refractivity contribution < 1.29 is 24.2 Å². The van der Waals surface area contributed by atoms with Gasteiger partial charge in [-0.3, -0.25) is 4.79 Å². The highest BCUT2D eigenvalue weighted by Crippen LogP contribution is 2.44. The topological polar surface area (TPSA) is 105 Å². The average molecular weight is 471 g/mol. The fourth-order valence-electron chi connectivity index (χ4n) is 5.04. The van der Waals surface area contributed by atoms with Crippen molar-refractivity contribution in [2.45, 2.75) is 37.1 Å².